The number of rotatable bonds is 4. The molecule has 31 heavy (non-hydrogen) atoms. The second kappa shape index (κ2) is 6.99. The number of hydrogen-bond donors (Lipinski definition) is 0. The van der Waals surface area contributed by atoms with Crippen molar-refractivity contribution in [3.63, 3.8) is 0 Å². The van der Waals surface area contributed by atoms with Crippen LogP contribution in [0.2, 0.25) is 0 Å². The number of ketones is 2. The number of Topliss-reactive ketones (excluding diaryl/α,β-unsaturated/α-hetero) is 2. The van der Waals surface area contributed by atoms with Gasteiger partial charge in [-0.3, -0.25) is 19.7 Å². The van der Waals surface area contributed by atoms with Crippen LogP contribution >= 0.6 is 0 Å². The summed E-state index contributed by atoms with van der Waals surface area (Å²) in [5, 5.41) is 12.6. The van der Waals surface area contributed by atoms with E-state index in [0.29, 0.717) is 27.5 Å². The van der Waals surface area contributed by atoms with Crippen LogP contribution in [0.15, 0.2) is 91.0 Å². The fourth-order valence-corrected chi connectivity index (χ4v) is 4.66. The zero-order valence-electron chi connectivity index (χ0n) is 16.4. The van der Waals surface area contributed by atoms with E-state index in [1.54, 1.807) is 54.6 Å². The molecule has 0 radical (unpaired) electrons. The Morgan fingerprint density at radius 3 is 1.84 bits per heavy atom. The molecule has 0 spiro atoms. The first-order chi connectivity index (χ1) is 15.0. The minimum Gasteiger partial charge on any atom is -0.293 e. The lowest BCUT2D eigenvalue weighted by Crippen LogP contribution is -2.41. The number of benzene rings is 4. The molecular weight excluding hydrogens is 390 g/mol. The number of nitro benzene ring substituents is 1. The largest absolute Gasteiger partial charge is 0.293 e. The maximum absolute atomic E-state index is 13.8. The highest BCUT2D eigenvalue weighted by atomic mass is 16.6. The van der Waals surface area contributed by atoms with Crippen LogP contribution in [0.25, 0.3) is 10.8 Å². The van der Waals surface area contributed by atoms with E-state index in [1.165, 1.54) is 6.07 Å². The highest BCUT2D eigenvalue weighted by molar-refractivity contribution is 6.34. The third kappa shape index (κ3) is 2.70. The second-order valence-corrected chi connectivity index (χ2v) is 7.71. The average Bonchev–Trinajstić information content (AvgIpc) is 3.01. The Labute approximate surface area is 178 Å². The zero-order valence-corrected chi connectivity index (χ0v) is 16.4. The second-order valence-electron chi connectivity index (χ2n) is 7.71. The van der Waals surface area contributed by atoms with Crippen molar-refractivity contribution in [1.82, 2.24) is 0 Å². The van der Waals surface area contributed by atoms with Gasteiger partial charge in [0.25, 0.3) is 5.69 Å². The van der Waals surface area contributed by atoms with Gasteiger partial charge < -0.3 is 0 Å². The molecule has 4 aromatic rings. The van der Waals surface area contributed by atoms with E-state index in [2.05, 4.69) is 0 Å². The van der Waals surface area contributed by atoms with Gasteiger partial charge in [0.1, 0.15) is 5.41 Å². The molecule has 0 aromatic heterocycles. The number of hydrogen-bond acceptors (Lipinski definition) is 4. The summed E-state index contributed by atoms with van der Waals surface area (Å²) in [6.07, 6.45) is 0.183. The van der Waals surface area contributed by atoms with Gasteiger partial charge >= 0.3 is 0 Å². The van der Waals surface area contributed by atoms with Crippen molar-refractivity contribution in [2.75, 3.05) is 0 Å². The molecule has 0 saturated carbocycles. The molecule has 0 saturated heterocycles. The Morgan fingerprint density at radius 1 is 0.677 bits per heavy atom. The molecule has 1 aliphatic rings. The van der Waals surface area contributed by atoms with Gasteiger partial charge in [-0.25, -0.2) is 0 Å². The predicted octanol–water partition coefficient (Wildman–Crippen LogP) is 5.31. The summed E-state index contributed by atoms with van der Waals surface area (Å²) in [6, 6.07) is 26.1. The number of nitro groups is 1. The molecule has 1 aliphatic carbocycles. The standard InChI is InChI=1S/C26H17NO4/c28-24-20-12-6-7-13-21(20)25(29)26(24,16-17-8-2-1-3-9-17)22-14-15-23(27(30)31)19-11-5-4-10-18(19)22/h1-15H,16H2. The maximum Gasteiger partial charge on any atom is 0.277 e. The lowest BCUT2D eigenvalue weighted by Gasteiger charge is -2.28. The highest BCUT2D eigenvalue weighted by Crippen LogP contribution is 2.45. The third-order valence-corrected chi connectivity index (χ3v) is 6.06. The molecule has 0 fully saturated rings. The molecule has 0 amide bonds. The van der Waals surface area contributed by atoms with Gasteiger partial charge in [-0.05, 0) is 29.0 Å². The normalized spacial score (nSPS) is 14.6. The van der Waals surface area contributed by atoms with Gasteiger partial charge in [0, 0.05) is 17.2 Å². The lowest BCUT2D eigenvalue weighted by atomic mass is 9.70. The van der Waals surface area contributed by atoms with E-state index in [-0.39, 0.29) is 23.7 Å². The molecule has 0 N–H and O–H groups in total. The van der Waals surface area contributed by atoms with Gasteiger partial charge in [-0.2, -0.15) is 0 Å². The van der Waals surface area contributed by atoms with Crippen LogP contribution in [0, 0.1) is 10.1 Å². The Morgan fingerprint density at radius 2 is 1.23 bits per heavy atom. The molecule has 5 rings (SSSR count). The van der Waals surface area contributed by atoms with Gasteiger partial charge in [-0.15, -0.1) is 0 Å². The van der Waals surface area contributed by atoms with Crippen LogP contribution in [0.3, 0.4) is 0 Å². The smallest absolute Gasteiger partial charge is 0.277 e. The summed E-state index contributed by atoms with van der Waals surface area (Å²) in [6.45, 7) is 0. The van der Waals surface area contributed by atoms with Crippen LogP contribution in [0.1, 0.15) is 31.8 Å². The molecule has 0 unspecified atom stereocenters. The summed E-state index contributed by atoms with van der Waals surface area (Å²) >= 11 is 0. The summed E-state index contributed by atoms with van der Waals surface area (Å²) in [5.41, 5.74) is 0.615. The Balaban J connectivity index is 1.84. The monoisotopic (exact) mass is 407 g/mol. The molecule has 150 valence electrons. The predicted molar refractivity (Wildman–Crippen MR) is 118 cm³/mol. The zero-order chi connectivity index (χ0) is 21.6. The van der Waals surface area contributed by atoms with E-state index in [4.69, 9.17) is 0 Å². The summed E-state index contributed by atoms with van der Waals surface area (Å²) in [5.74, 6) is -0.535. The third-order valence-electron chi connectivity index (χ3n) is 6.06. The minimum absolute atomic E-state index is 0.0513. The molecule has 0 atom stereocenters. The van der Waals surface area contributed by atoms with E-state index in [1.807, 2.05) is 30.3 Å². The van der Waals surface area contributed by atoms with Crippen molar-refractivity contribution in [1.29, 1.82) is 0 Å². The first-order valence-corrected chi connectivity index (χ1v) is 9.93. The van der Waals surface area contributed by atoms with Crippen molar-refractivity contribution >= 4 is 28.0 Å². The van der Waals surface area contributed by atoms with Crippen molar-refractivity contribution < 1.29 is 14.5 Å². The van der Waals surface area contributed by atoms with Crippen molar-refractivity contribution in [3.05, 3.63) is 123 Å². The average molecular weight is 407 g/mol. The van der Waals surface area contributed by atoms with Crippen LogP contribution in [-0.2, 0) is 11.8 Å². The van der Waals surface area contributed by atoms with Crippen LogP contribution in [0.4, 0.5) is 5.69 Å². The summed E-state index contributed by atoms with van der Waals surface area (Å²) in [4.78, 5) is 38.8. The van der Waals surface area contributed by atoms with E-state index in [0.717, 1.165) is 5.56 Å². The van der Waals surface area contributed by atoms with Gasteiger partial charge in [0.15, 0.2) is 11.6 Å². The Bertz CT molecular complexity index is 1340. The van der Waals surface area contributed by atoms with Gasteiger partial charge in [0.2, 0.25) is 0 Å². The van der Waals surface area contributed by atoms with E-state index in [9.17, 15) is 19.7 Å². The first kappa shape index (κ1) is 18.9. The van der Waals surface area contributed by atoms with Crippen molar-refractivity contribution in [2.45, 2.75) is 11.8 Å². The minimum atomic E-state index is -1.47. The fraction of sp³-hybridized carbons (Fsp3) is 0.0769. The first-order valence-electron chi connectivity index (χ1n) is 9.93. The van der Waals surface area contributed by atoms with Crippen molar-refractivity contribution in [3.8, 4) is 0 Å². The van der Waals surface area contributed by atoms with Crippen LogP contribution < -0.4 is 0 Å². The molecule has 0 aliphatic heterocycles. The number of carbonyl (C=O) groups is 2. The van der Waals surface area contributed by atoms with Gasteiger partial charge in [0.05, 0.1) is 10.3 Å². The Hall–Kier alpha value is -4.12. The molecule has 5 heteroatoms. The molecule has 0 heterocycles. The number of fused-ring (bicyclic) bond motifs is 2. The topological polar surface area (TPSA) is 77.3 Å². The van der Waals surface area contributed by atoms with Crippen LogP contribution in [-0.4, -0.2) is 16.5 Å². The Kier molecular flexibility index (Phi) is 4.26. The lowest BCUT2D eigenvalue weighted by molar-refractivity contribution is -0.383. The molecule has 0 bridgehead atoms. The number of non-ortho nitro benzene ring substituents is 1. The molecular formula is C26H17NO4. The van der Waals surface area contributed by atoms with Crippen LogP contribution in [0.5, 0.6) is 0 Å². The van der Waals surface area contributed by atoms with Gasteiger partial charge in [-0.1, -0.05) is 78.9 Å². The molecule has 4 aromatic carbocycles. The SMILES string of the molecule is O=C1c2ccccc2C(=O)C1(Cc1ccccc1)c1ccc([N+](=O)[O-])c2ccccc12. The number of nitrogens with zero attached hydrogens (tertiary/aromatic N) is 1. The van der Waals surface area contributed by atoms with E-state index < -0.39 is 10.3 Å². The summed E-state index contributed by atoms with van der Waals surface area (Å²) in [7, 11) is 0. The maximum atomic E-state index is 13.8. The summed E-state index contributed by atoms with van der Waals surface area (Å²) < 4.78 is 0. The highest BCUT2D eigenvalue weighted by Gasteiger charge is 2.54. The molecule has 5 nitrogen and oxygen atoms in total. The van der Waals surface area contributed by atoms with Crippen molar-refractivity contribution in [2.24, 2.45) is 0 Å². The quantitative estimate of drug-likeness (QED) is 0.261. The fourth-order valence-electron chi connectivity index (χ4n) is 4.66. The number of carbonyl (C=O) groups excluding carboxylic acids is 2. The van der Waals surface area contributed by atoms with E-state index >= 15 is 0 Å².